The average molecular weight is 343 g/mol. The summed E-state index contributed by atoms with van der Waals surface area (Å²) in [5.74, 6) is 1.47. The highest BCUT2D eigenvalue weighted by Crippen LogP contribution is 2.23. The second kappa shape index (κ2) is 7.33. The maximum absolute atomic E-state index is 12.4. The zero-order valence-corrected chi connectivity index (χ0v) is 14.7. The first-order valence-electron chi connectivity index (χ1n) is 8.66. The lowest BCUT2D eigenvalue weighted by Gasteiger charge is -2.34. The molecule has 1 amide bonds. The van der Waals surface area contributed by atoms with Crippen molar-refractivity contribution in [1.82, 2.24) is 19.7 Å². The topological polar surface area (TPSA) is 97.3 Å². The van der Waals surface area contributed by atoms with Gasteiger partial charge < -0.3 is 20.3 Å². The van der Waals surface area contributed by atoms with Gasteiger partial charge in [-0.1, -0.05) is 30.3 Å². The van der Waals surface area contributed by atoms with Crippen molar-refractivity contribution in [3.8, 4) is 0 Å². The molecule has 1 aromatic heterocycles. The highest BCUT2D eigenvalue weighted by molar-refractivity contribution is 5.82. The number of nitrogens with two attached hydrogens (primary N) is 1. The van der Waals surface area contributed by atoms with E-state index in [0.717, 1.165) is 24.5 Å². The summed E-state index contributed by atoms with van der Waals surface area (Å²) in [5, 5.41) is 18.2. The number of hydrogen-bond acceptors (Lipinski definition) is 5. The SMILES string of the molecule is C[C@@H](O)[C@H](N)C(=O)N1Cc2nnc(CCc3ccccc3)n2[C@@H](C)C1. The summed E-state index contributed by atoms with van der Waals surface area (Å²) in [4.78, 5) is 14.1. The molecule has 1 aliphatic heterocycles. The molecule has 3 N–H and O–H groups in total. The number of fused-ring (bicyclic) bond motifs is 1. The lowest BCUT2D eigenvalue weighted by atomic mass is 10.1. The summed E-state index contributed by atoms with van der Waals surface area (Å²) in [6.45, 7) is 4.50. The van der Waals surface area contributed by atoms with Crippen LogP contribution in [-0.4, -0.2) is 49.4 Å². The number of rotatable bonds is 5. The Labute approximate surface area is 147 Å². The van der Waals surface area contributed by atoms with Crippen LogP contribution in [0, 0.1) is 0 Å². The molecule has 3 atom stereocenters. The second-order valence-electron chi connectivity index (χ2n) is 6.72. The van der Waals surface area contributed by atoms with Crippen molar-refractivity contribution in [3.63, 3.8) is 0 Å². The van der Waals surface area contributed by atoms with Gasteiger partial charge in [0.25, 0.3) is 0 Å². The van der Waals surface area contributed by atoms with Crippen LogP contribution in [0.15, 0.2) is 30.3 Å². The predicted molar refractivity (Wildman–Crippen MR) is 93.7 cm³/mol. The molecule has 7 heteroatoms. The molecule has 3 rings (SSSR count). The molecule has 25 heavy (non-hydrogen) atoms. The Morgan fingerprint density at radius 1 is 1.32 bits per heavy atom. The fraction of sp³-hybridized carbons (Fsp3) is 0.500. The van der Waals surface area contributed by atoms with E-state index in [4.69, 9.17) is 5.73 Å². The third-order valence-corrected chi connectivity index (χ3v) is 4.69. The zero-order chi connectivity index (χ0) is 18.0. The van der Waals surface area contributed by atoms with Crippen LogP contribution in [0.4, 0.5) is 0 Å². The van der Waals surface area contributed by atoms with Crippen LogP contribution in [0.5, 0.6) is 0 Å². The van der Waals surface area contributed by atoms with E-state index in [0.29, 0.717) is 13.1 Å². The normalized spacial score (nSPS) is 19.4. The smallest absolute Gasteiger partial charge is 0.242 e. The summed E-state index contributed by atoms with van der Waals surface area (Å²) >= 11 is 0. The average Bonchev–Trinajstić information content (AvgIpc) is 3.03. The minimum atomic E-state index is -0.903. The predicted octanol–water partition coefficient (Wildman–Crippen LogP) is 0.675. The summed E-state index contributed by atoms with van der Waals surface area (Å²) in [6, 6.07) is 9.46. The van der Waals surface area contributed by atoms with Gasteiger partial charge in [0, 0.05) is 13.0 Å². The molecule has 0 unspecified atom stereocenters. The number of benzene rings is 1. The summed E-state index contributed by atoms with van der Waals surface area (Å²) in [6.07, 6.45) is 0.841. The van der Waals surface area contributed by atoms with Gasteiger partial charge in [-0.3, -0.25) is 4.79 Å². The fourth-order valence-corrected chi connectivity index (χ4v) is 3.27. The van der Waals surface area contributed by atoms with Gasteiger partial charge >= 0.3 is 0 Å². The molecule has 1 aromatic carbocycles. The van der Waals surface area contributed by atoms with Crippen molar-refractivity contribution in [3.05, 3.63) is 47.5 Å². The van der Waals surface area contributed by atoms with Crippen molar-refractivity contribution in [2.75, 3.05) is 6.54 Å². The standard InChI is InChI=1S/C18H25N5O2/c1-12-10-22(18(25)17(19)13(2)24)11-16-21-20-15(23(12)16)9-8-14-6-4-3-5-7-14/h3-7,12-13,17,24H,8-11,19H2,1-2H3/t12-,13+,17-/m0/s1. The van der Waals surface area contributed by atoms with Gasteiger partial charge in [-0.2, -0.15) is 0 Å². The maximum atomic E-state index is 12.4. The minimum absolute atomic E-state index is 0.0784. The van der Waals surface area contributed by atoms with Crippen molar-refractivity contribution >= 4 is 5.91 Å². The van der Waals surface area contributed by atoms with Gasteiger partial charge in [0.2, 0.25) is 5.91 Å². The molecular weight excluding hydrogens is 318 g/mol. The molecule has 0 fully saturated rings. The highest BCUT2D eigenvalue weighted by atomic mass is 16.3. The van der Waals surface area contributed by atoms with Crippen molar-refractivity contribution < 1.29 is 9.90 Å². The molecule has 0 bridgehead atoms. The van der Waals surface area contributed by atoms with Crippen LogP contribution in [-0.2, 0) is 24.2 Å². The number of aromatic nitrogens is 3. The number of carbonyl (C=O) groups excluding carboxylic acids is 1. The van der Waals surface area contributed by atoms with Crippen LogP contribution in [0.3, 0.4) is 0 Å². The van der Waals surface area contributed by atoms with Gasteiger partial charge in [-0.15, -0.1) is 10.2 Å². The first-order valence-corrected chi connectivity index (χ1v) is 8.66. The number of carbonyl (C=O) groups is 1. The molecule has 0 saturated heterocycles. The van der Waals surface area contributed by atoms with Crippen LogP contribution in [0.25, 0.3) is 0 Å². The fourth-order valence-electron chi connectivity index (χ4n) is 3.27. The van der Waals surface area contributed by atoms with Gasteiger partial charge in [-0.05, 0) is 25.8 Å². The van der Waals surface area contributed by atoms with E-state index in [9.17, 15) is 9.90 Å². The monoisotopic (exact) mass is 343 g/mol. The molecule has 7 nitrogen and oxygen atoms in total. The second-order valence-corrected chi connectivity index (χ2v) is 6.72. The van der Waals surface area contributed by atoms with Gasteiger partial charge in [0.1, 0.15) is 11.9 Å². The Morgan fingerprint density at radius 3 is 2.72 bits per heavy atom. The Hall–Kier alpha value is -2.25. The number of amides is 1. The van der Waals surface area contributed by atoms with Gasteiger partial charge in [-0.25, -0.2) is 0 Å². The maximum Gasteiger partial charge on any atom is 0.242 e. The first-order chi connectivity index (χ1) is 12.0. The molecular formula is C18H25N5O2. The molecule has 2 aromatic rings. The molecule has 0 radical (unpaired) electrons. The quantitative estimate of drug-likeness (QED) is 0.832. The first kappa shape index (κ1) is 17.6. The molecule has 134 valence electrons. The van der Waals surface area contributed by atoms with E-state index in [1.165, 1.54) is 12.5 Å². The lowest BCUT2D eigenvalue weighted by Crippen LogP contribution is -2.51. The molecule has 2 heterocycles. The number of aliphatic hydroxyl groups excluding tert-OH is 1. The Bertz CT molecular complexity index is 728. The van der Waals surface area contributed by atoms with Crippen LogP contribution in [0.1, 0.15) is 37.1 Å². The van der Waals surface area contributed by atoms with E-state index in [1.807, 2.05) is 25.1 Å². The molecule has 0 spiro atoms. The van der Waals surface area contributed by atoms with E-state index in [2.05, 4.69) is 26.9 Å². The Morgan fingerprint density at radius 2 is 2.04 bits per heavy atom. The summed E-state index contributed by atoms with van der Waals surface area (Å²) in [5.41, 5.74) is 7.06. The Balaban J connectivity index is 1.72. The zero-order valence-electron chi connectivity index (χ0n) is 14.7. The number of nitrogens with zero attached hydrogens (tertiary/aromatic N) is 4. The molecule has 0 saturated carbocycles. The van der Waals surface area contributed by atoms with Crippen molar-refractivity contribution in [1.29, 1.82) is 0 Å². The van der Waals surface area contributed by atoms with E-state index < -0.39 is 12.1 Å². The number of aliphatic hydroxyl groups is 1. The lowest BCUT2D eigenvalue weighted by molar-refractivity contribution is -0.136. The van der Waals surface area contributed by atoms with E-state index in [1.54, 1.807) is 4.90 Å². The minimum Gasteiger partial charge on any atom is -0.391 e. The van der Waals surface area contributed by atoms with Crippen LogP contribution >= 0.6 is 0 Å². The Kier molecular flexibility index (Phi) is 5.15. The van der Waals surface area contributed by atoms with E-state index in [-0.39, 0.29) is 11.9 Å². The van der Waals surface area contributed by atoms with Crippen LogP contribution < -0.4 is 5.73 Å². The van der Waals surface area contributed by atoms with Gasteiger partial charge in [0.15, 0.2) is 5.82 Å². The van der Waals surface area contributed by atoms with Crippen molar-refractivity contribution in [2.24, 2.45) is 5.73 Å². The number of aryl methyl sites for hydroxylation is 2. The summed E-state index contributed by atoms with van der Waals surface area (Å²) < 4.78 is 2.13. The van der Waals surface area contributed by atoms with E-state index >= 15 is 0 Å². The van der Waals surface area contributed by atoms with Crippen molar-refractivity contribution in [2.45, 2.75) is 51.4 Å². The number of hydrogen-bond donors (Lipinski definition) is 2. The largest absolute Gasteiger partial charge is 0.391 e. The molecule has 0 aliphatic carbocycles. The highest BCUT2D eigenvalue weighted by Gasteiger charge is 2.32. The third kappa shape index (κ3) is 3.72. The molecule has 1 aliphatic rings. The third-order valence-electron chi connectivity index (χ3n) is 4.69. The van der Waals surface area contributed by atoms with Crippen LogP contribution in [0.2, 0.25) is 0 Å². The summed E-state index contributed by atoms with van der Waals surface area (Å²) in [7, 11) is 0. The van der Waals surface area contributed by atoms with Gasteiger partial charge in [0.05, 0.1) is 18.7 Å².